The summed E-state index contributed by atoms with van der Waals surface area (Å²) in [6.07, 6.45) is 13.2. The van der Waals surface area contributed by atoms with Gasteiger partial charge >= 0.3 is 0 Å². The van der Waals surface area contributed by atoms with Crippen LogP contribution in [0.15, 0.2) is 36.4 Å². The van der Waals surface area contributed by atoms with E-state index >= 15 is 0 Å². The van der Waals surface area contributed by atoms with Crippen molar-refractivity contribution in [2.45, 2.75) is 94.5 Å². The lowest BCUT2D eigenvalue weighted by Gasteiger charge is -2.38. The summed E-state index contributed by atoms with van der Waals surface area (Å²) in [6.45, 7) is 4.40. The highest BCUT2D eigenvalue weighted by Crippen LogP contribution is 2.55. The number of ether oxygens (including phenoxy) is 2. The SMILES string of the molecule is CC[C@@H]1CCCCN1CCN1C(=O)[C@@H]2[C@@H](C(=O)Nc3ccc(OC)cc3)[C@@H]3C=C[C@@]2(O3)[C@H]1C(=O)NC1CCCCC1. The molecule has 222 valence electrons. The van der Waals surface area contributed by atoms with Crippen molar-refractivity contribution in [2.75, 3.05) is 32.1 Å². The largest absolute Gasteiger partial charge is 0.497 e. The van der Waals surface area contributed by atoms with Crippen LogP contribution in [0.2, 0.25) is 0 Å². The van der Waals surface area contributed by atoms with Gasteiger partial charge in [0.2, 0.25) is 17.7 Å². The van der Waals surface area contributed by atoms with E-state index in [9.17, 15) is 14.4 Å². The Kier molecular flexibility index (Phi) is 8.10. The van der Waals surface area contributed by atoms with Gasteiger partial charge in [-0.15, -0.1) is 0 Å². The first-order valence-electron chi connectivity index (χ1n) is 15.6. The molecule has 41 heavy (non-hydrogen) atoms. The quantitative estimate of drug-likeness (QED) is 0.446. The maximum Gasteiger partial charge on any atom is 0.246 e. The monoisotopic (exact) mass is 564 g/mol. The van der Waals surface area contributed by atoms with Crippen molar-refractivity contribution >= 4 is 23.4 Å². The van der Waals surface area contributed by atoms with Crippen LogP contribution in [0.4, 0.5) is 5.69 Å². The number of methoxy groups -OCH3 is 1. The first-order valence-corrected chi connectivity index (χ1v) is 15.6. The summed E-state index contributed by atoms with van der Waals surface area (Å²) >= 11 is 0. The summed E-state index contributed by atoms with van der Waals surface area (Å²) in [4.78, 5) is 46.2. The van der Waals surface area contributed by atoms with E-state index in [0.717, 1.165) is 51.6 Å². The maximum atomic E-state index is 14.3. The number of carbonyl (C=O) groups is 3. The van der Waals surface area contributed by atoms with Gasteiger partial charge in [0, 0.05) is 30.9 Å². The van der Waals surface area contributed by atoms with Crippen LogP contribution >= 0.6 is 0 Å². The first kappa shape index (κ1) is 28.2. The Hall–Kier alpha value is -2.91. The van der Waals surface area contributed by atoms with Crippen LogP contribution in [0.25, 0.3) is 0 Å². The lowest BCUT2D eigenvalue weighted by Crippen LogP contribution is -2.57. The highest BCUT2D eigenvalue weighted by atomic mass is 16.5. The summed E-state index contributed by atoms with van der Waals surface area (Å²) in [5.74, 6) is -1.31. The highest BCUT2D eigenvalue weighted by Gasteiger charge is 2.72. The Bertz CT molecular complexity index is 1170. The fourth-order valence-corrected chi connectivity index (χ4v) is 7.99. The number of fused-ring (bicyclic) bond motifs is 1. The van der Waals surface area contributed by atoms with Crippen LogP contribution in [0, 0.1) is 11.8 Å². The maximum absolute atomic E-state index is 14.3. The van der Waals surface area contributed by atoms with Crippen LogP contribution in [0.1, 0.15) is 64.7 Å². The summed E-state index contributed by atoms with van der Waals surface area (Å²) < 4.78 is 11.8. The third-order valence-electron chi connectivity index (χ3n) is 10.1. The molecular formula is C32H44N4O5. The van der Waals surface area contributed by atoms with Gasteiger partial charge < -0.3 is 25.0 Å². The Balaban J connectivity index is 1.26. The molecule has 3 amide bonds. The minimum atomic E-state index is -1.13. The van der Waals surface area contributed by atoms with Gasteiger partial charge in [-0.25, -0.2) is 0 Å². The number of amides is 3. The van der Waals surface area contributed by atoms with E-state index in [4.69, 9.17) is 9.47 Å². The molecule has 1 saturated carbocycles. The van der Waals surface area contributed by atoms with Gasteiger partial charge in [-0.1, -0.05) is 44.8 Å². The van der Waals surface area contributed by atoms with E-state index in [1.165, 1.54) is 19.3 Å². The third kappa shape index (κ3) is 5.16. The van der Waals surface area contributed by atoms with E-state index in [1.807, 2.05) is 12.2 Å². The minimum absolute atomic E-state index is 0.118. The molecule has 0 unspecified atom stereocenters. The van der Waals surface area contributed by atoms with Gasteiger partial charge in [-0.05, 0) is 62.9 Å². The molecule has 2 N–H and O–H groups in total. The smallest absolute Gasteiger partial charge is 0.246 e. The summed E-state index contributed by atoms with van der Waals surface area (Å²) in [5, 5.41) is 6.27. The van der Waals surface area contributed by atoms with Gasteiger partial charge in [0.25, 0.3) is 0 Å². The Morgan fingerprint density at radius 1 is 1.02 bits per heavy atom. The summed E-state index contributed by atoms with van der Waals surface area (Å²) in [7, 11) is 1.60. The van der Waals surface area contributed by atoms with Crippen molar-refractivity contribution in [3.63, 3.8) is 0 Å². The molecule has 0 radical (unpaired) electrons. The predicted octanol–water partition coefficient (Wildman–Crippen LogP) is 3.50. The van der Waals surface area contributed by atoms with Crippen molar-refractivity contribution < 1.29 is 23.9 Å². The summed E-state index contributed by atoms with van der Waals surface area (Å²) in [5.41, 5.74) is -0.504. The van der Waals surface area contributed by atoms with Crippen molar-refractivity contribution in [1.29, 1.82) is 0 Å². The van der Waals surface area contributed by atoms with Crippen molar-refractivity contribution in [3.8, 4) is 5.75 Å². The Morgan fingerprint density at radius 3 is 2.51 bits per heavy atom. The zero-order chi connectivity index (χ0) is 28.6. The molecule has 1 aromatic carbocycles. The molecule has 3 saturated heterocycles. The highest BCUT2D eigenvalue weighted by molar-refractivity contribution is 6.02. The number of nitrogens with one attached hydrogen (secondary N) is 2. The van der Waals surface area contributed by atoms with E-state index in [0.29, 0.717) is 24.0 Å². The minimum Gasteiger partial charge on any atom is -0.497 e. The van der Waals surface area contributed by atoms with E-state index < -0.39 is 29.6 Å². The lowest BCUT2D eigenvalue weighted by atomic mass is 9.74. The average Bonchev–Trinajstić information content (AvgIpc) is 3.64. The molecule has 1 spiro atoms. The van der Waals surface area contributed by atoms with Gasteiger partial charge in [0.15, 0.2) is 0 Å². The normalized spacial score (nSPS) is 33.2. The molecule has 2 bridgehead atoms. The average molecular weight is 565 g/mol. The molecule has 0 aromatic heterocycles. The second-order valence-corrected chi connectivity index (χ2v) is 12.4. The molecule has 4 aliphatic heterocycles. The second-order valence-electron chi connectivity index (χ2n) is 12.4. The van der Waals surface area contributed by atoms with Gasteiger partial charge in [-0.3, -0.25) is 19.3 Å². The topological polar surface area (TPSA) is 100 Å². The van der Waals surface area contributed by atoms with Gasteiger partial charge in [-0.2, -0.15) is 0 Å². The number of hydrogen-bond donors (Lipinski definition) is 2. The van der Waals surface area contributed by atoms with Crippen LogP contribution in [-0.2, 0) is 19.1 Å². The number of hydrogen-bond acceptors (Lipinski definition) is 6. The standard InChI is InChI=1S/C32H44N4O5/c1-3-23-11-7-8-18-35(23)19-20-36-28(30(38)34-21-9-5-4-6-10-21)32-17-16-25(41-32)26(27(32)31(36)39)29(37)33-22-12-14-24(40-2)15-13-22/h12-17,21,23,25-28H,3-11,18-20H2,1-2H3,(H,33,37)(H,34,38)/t23-,25+,26+,27+,28-,32+/m1/s1. The predicted molar refractivity (Wildman–Crippen MR) is 155 cm³/mol. The zero-order valence-corrected chi connectivity index (χ0v) is 24.3. The summed E-state index contributed by atoms with van der Waals surface area (Å²) in [6, 6.07) is 6.96. The molecule has 9 nitrogen and oxygen atoms in total. The molecule has 1 aliphatic carbocycles. The number of benzene rings is 1. The molecule has 6 rings (SSSR count). The van der Waals surface area contributed by atoms with E-state index in [2.05, 4.69) is 22.5 Å². The molecule has 1 aromatic rings. The number of nitrogens with zero attached hydrogens (tertiary/aromatic N) is 2. The molecule has 9 heteroatoms. The second kappa shape index (κ2) is 11.8. The van der Waals surface area contributed by atoms with Crippen LogP contribution in [0.5, 0.6) is 5.75 Å². The third-order valence-corrected chi connectivity index (χ3v) is 10.1. The van der Waals surface area contributed by atoms with Crippen molar-refractivity contribution in [3.05, 3.63) is 36.4 Å². The molecular weight excluding hydrogens is 520 g/mol. The van der Waals surface area contributed by atoms with Gasteiger partial charge in [0.05, 0.1) is 25.0 Å². The first-order chi connectivity index (χ1) is 19.9. The number of likely N-dealkylation sites (tertiary alicyclic amines) is 2. The van der Waals surface area contributed by atoms with E-state index in [-0.39, 0.29) is 23.8 Å². The lowest BCUT2D eigenvalue weighted by molar-refractivity contribution is -0.141. The van der Waals surface area contributed by atoms with Crippen LogP contribution in [-0.4, -0.2) is 84.1 Å². The Morgan fingerprint density at radius 2 is 1.78 bits per heavy atom. The number of carbonyl (C=O) groups excluding carboxylic acids is 3. The molecule has 4 fully saturated rings. The number of piperidine rings is 1. The van der Waals surface area contributed by atoms with Crippen molar-refractivity contribution in [2.24, 2.45) is 11.8 Å². The zero-order valence-electron chi connectivity index (χ0n) is 24.3. The Labute approximate surface area is 243 Å². The molecule has 6 atom stereocenters. The van der Waals surface area contributed by atoms with E-state index in [1.54, 1.807) is 36.3 Å². The number of anilines is 1. The van der Waals surface area contributed by atoms with Crippen molar-refractivity contribution in [1.82, 2.24) is 15.1 Å². The molecule has 4 heterocycles. The fourth-order valence-electron chi connectivity index (χ4n) is 7.99. The number of rotatable bonds is 9. The van der Waals surface area contributed by atoms with Crippen LogP contribution in [0.3, 0.4) is 0 Å². The molecule has 5 aliphatic rings. The fraction of sp³-hybridized carbons (Fsp3) is 0.656. The van der Waals surface area contributed by atoms with Crippen LogP contribution < -0.4 is 15.4 Å². The van der Waals surface area contributed by atoms with Gasteiger partial charge in [0.1, 0.15) is 17.4 Å².